The first-order valence-corrected chi connectivity index (χ1v) is 6.83. The number of hydrogen-bond donors (Lipinski definition) is 0. The molecule has 3 rings (SSSR count). The summed E-state index contributed by atoms with van der Waals surface area (Å²) in [5.41, 5.74) is 1.64. The van der Waals surface area contributed by atoms with Gasteiger partial charge < -0.3 is 4.74 Å². The molecule has 2 aromatic carbocycles. The van der Waals surface area contributed by atoms with Crippen LogP contribution in [0.1, 0.15) is 22.8 Å². The zero-order valence-electron chi connectivity index (χ0n) is 11.9. The molecule has 0 fully saturated rings. The van der Waals surface area contributed by atoms with E-state index in [0.717, 1.165) is 0 Å². The monoisotopic (exact) mass is 291 g/mol. The van der Waals surface area contributed by atoms with Gasteiger partial charge in [-0.2, -0.15) is 0 Å². The molecule has 108 valence electrons. The van der Waals surface area contributed by atoms with Crippen molar-refractivity contribution in [1.29, 1.82) is 0 Å². The van der Waals surface area contributed by atoms with Crippen molar-refractivity contribution < 1.29 is 14.3 Å². The summed E-state index contributed by atoms with van der Waals surface area (Å²) in [4.78, 5) is 28.1. The van der Waals surface area contributed by atoms with Gasteiger partial charge in [0.25, 0.3) is 0 Å². The van der Waals surface area contributed by atoms with Crippen LogP contribution in [0, 0.1) is 0 Å². The highest BCUT2D eigenvalue weighted by Gasteiger charge is 2.16. The molecule has 0 aliphatic heterocycles. The van der Waals surface area contributed by atoms with Crippen LogP contribution in [0.5, 0.6) is 5.75 Å². The predicted octanol–water partition coefficient (Wildman–Crippen LogP) is 3.39. The lowest BCUT2D eigenvalue weighted by atomic mass is 9.99. The van der Waals surface area contributed by atoms with Crippen molar-refractivity contribution in [3.8, 4) is 5.75 Å². The number of fused-ring (bicyclic) bond motifs is 1. The van der Waals surface area contributed by atoms with Crippen LogP contribution in [-0.2, 0) is 4.79 Å². The van der Waals surface area contributed by atoms with E-state index in [0.29, 0.717) is 27.8 Å². The van der Waals surface area contributed by atoms with E-state index in [1.807, 2.05) is 18.2 Å². The molecule has 0 bridgehead atoms. The Balaban J connectivity index is 2.16. The third kappa shape index (κ3) is 2.59. The van der Waals surface area contributed by atoms with Crippen LogP contribution >= 0.6 is 0 Å². The third-order valence-corrected chi connectivity index (χ3v) is 3.27. The maximum absolute atomic E-state index is 12.7. The largest absolute Gasteiger partial charge is 0.424 e. The third-order valence-electron chi connectivity index (χ3n) is 3.27. The van der Waals surface area contributed by atoms with E-state index in [9.17, 15) is 9.59 Å². The van der Waals surface area contributed by atoms with E-state index in [-0.39, 0.29) is 5.78 Å². The van der Waals surface area contributed by atoms with Gasteiger partial charge in [0, 0.05) is 29.6 Å². The molecule has 0 saturated carbocycles. The minimum Gasteiger partial charge on any atom is -0.424 e. The molecule has 0 radical (unpaired) electrons. The highest BCUT2D eigenvalue weighted by atomic mass is 16.5. The molecule has 0 aliphatic rings. The lowest BCUT2D eigenvalue weighted by Crippen LogP contribution is -2.06. The molecule has 22 heavy (non-hydrogen) atoms. The summed E-state index contributed by atoms with van der Waals surface area (Å²) in [7, 11) is 0. The molecule has 4 heteroatoms. The molecule has 3 aromatic rings. The topological polar surface area (TPSA) is 56.3 Å². The first-order chi connectivity index (χ1) is 10.7. The average Bonchev–Trinajstić information content (AvgIpc) is 2.55. The van der Waals surface area contributed by atoms with E-state index in [1.165, 1.54) is 6.92 Å². The van der Waals surface area contributed by atoms with Crippen molar-refractivity contribution in [1.82, 2.24) is 4.98 Å². The van der Waals surface area contributed by atoms with Gasteiger partial charge in [-0.05, 0) is 18.2 Å². The molecule has 4 nitrogen and oxygen atoms in total. The van der Waals surface area contributed by atoms with Crippen LogP contribution in [-0.4, -0.2) is 16.7 Å². The number of pyridine rings is 1. The van der Waals surface area contributed by atoms with Crippen molar-refractivity contribution >= 4 is 22.7 Å². The first kappa shape index (κ1) is 13.9. The number of carbonyl (C=O) groups excluding carboxylic acids is 2. The molecule has 0 atom stereocenters. The smallest absolute Gasteiger partial charge is 0.308 e. The molecule has 1 aromatic heterocycles. The minimum atomic E-state index is -0.422. The Hall–Kier alpha value is -3.01. The molecular formula is C18H13NO3. The molecule has 0 amide bonds. The van der Waals surface area contributed by atoms with Crippen LogP contribution in [0.15, 0.2) is 60.8 Å². The van der Waals surface area contributed by atoms with Gasteiger partial charge in [-0.15, -0.1) is 0 Å². The van der Waals surface area contributed by atoms with Crippen LogP contribution < -0.4 is 4.74 Å². The van der Waals surface area contributed by atoms with Crippen LogP contribution in [0.25, 0.3) is 10.9 Å². The molecule has 0 spiro atoms. The van der Waals surface area contributed by atoms with Crippen LogP contribution in [0.3, 0.4) is 0 Å². The molecule has 0 N–H and O–H groups in total. The van der Waals surface area contributed by atoms with Crippen molar-refractivity contribution in [3.05, 3.63) is 71.9 Å². The molecular weight excluding hydrogens is 278 g/mol. The first-order valence-electron chi connectivity index (χ1n) is 6.83. The zero-order valence-corrected chi connectivity index (χ0v) is 11.9. The van der Waals surface area contributed by atoms with E-state index < -0.39 is 5.97 Å². The van der Waals surface area contributed by atoms with Gasteiger partial charge in [-0.3, -0.25) is 14.6 Å². The Kier molecular flexibility index (Phi) is 3.66. The normalized spacial score (nSPS) is 10.4. The van der Waals surface area contributed by atoms with Gasteiger partial charge in [0.2, 0.25) is 0 Å². The molecule has 0 unspecified atom stereocenters. The van der Waals surface area contributed by atoms with Gasteiger partial charge in [-0.1, -0.05) is 36.4 Å². The SMILES string of the molecule is CC(=O)Oc1ccc(C(=O)c2ccccc2)c2cccnc12. The van der Waals surface area contributed by atoms with Crippen molar-refractivity contribution in [2.75, 3.05) is 0 Å². The number of ketones is 1. The van der Waals surface area contributed by atoms with Gasteiger partial charge in [0.1, 0.15) is 5.52 Å². The van der Waals surface area contributed by atoms with E-state index in [4.69, 9.17) is 4.74 Å². The summed E-state index contributed by atoms with van der Waals surface area (Å²) in [6, 6.07) is 15.9. The van der Waals surface area contributed by atoms with E-state index in [2.05, 4.69) is 4.98 Å². The Labute approximate surface area is 127 Å². The number of benzene rings is 2. The Morgan fingerprint density at radius 1 is 0.955 bits per heavy atom. The Morgan fingerprint density at radius 2 is 1.73 bits per heavy atom. The number of aromatic nitrogens is 1. The molecule has 0 aliphatic carbocycles. The number of ether oxygens (including phenoxy) is 1. The maximum atomic E-state index is 12.7. The fourth-order valence-electron chi connectivity index (χ4n) is 2.33. The summed E-state index contributed by atoms with van der Waals surface area (Å²) in [5.74, 6) is -0.158. The number of esters is 1. The summed E-state index contributed by atoms with van der Waals surface area (Å²) in [6.45, 7) is 1.33. The highest BCUT2D eigenvalue weighted by molar-refractivity contribution is 6.16. The van der Waals surface area contributed by atoms with E-state index >= 15 is 0 Å². The average molecular weight is 291 g/mol. The fraction of sp³-hybridized carbons (Fsp3) is 0.0556. The number of rotatable bonds is 3. The zero-order chi connectivity index (χ0) is 15.5. The van der Waals surface area contributed by atoms with Crippen molar-refractivity contribution in [2.24, 2.45) is 0 Å². The van der Waals surface area contributed by atoms with Gasteiger partial charge in [0.05, 0.1) is 0 Å². The summed E-state index contributed by atoms with van der Waals surface area (Å²) in [6.07, 6.45) is 1.60. The lowest BCUT2D eigenvalue weighted by Gasteiger charge is -2.09. The van der Waals surface area contributed by atoms with Crippen molar-refractivity contribution in [2.45, 2.75) is 6.92 Å². The lowest BCUT2D eigenvalue weighted by molar-refractivity contribution is -0.131. The second-order valence-electron chi connectivity index (χ2n) is 4.80. The van der Waals surface area contributed by atoms with Gasteiger partial charge in [-0.25, -0.2) is 0 Å². The second kappa shape index (κ2) is 5.77. The summed E-state index contributed by atoms with van der Waals surface area (Å²) < 4.78 is 5.16. The molecule has 0 saturated heterocycles. The van der Waals surface area contributed by atoms with Gasteiger partial charge in [0.15, 0.2) is 11.5 Å². The van der Waals surface area contributed by atoms with Crippen molar-refractivity contribution in [3.63, 3.8) is 0 Å². The van der Waals surface area contributed by atoms with Gasteiger partial charge >= 0.3 is 5.97 Å². The maximum Gasteiger partial charge on any atom is 0.308 e. The van der Waals surface area contributed by atoms with E-state index in [1.54, 1.807) is 42.6 Å². The quantitative estimate of drug-likeness (QED) is 0.421. The summed E-state index contributed by atoms with van der Waals surface area (Å²) in [5, 5.41) is 0.662. The number of nitrogens with zero attached hydrogens (tertiary/aromatic N) is 1. The predicted molar refractivity (Wildman–Crippen MR) is 82.9 cm³/mol. The standard InChI is InChI=1S/C18H13NO3/c1-12(20)22-16-10-9-15(14-8-5-11-19-17(14)16)18(21)13-6-3-2-4-7-13/h2-11H,1H3. The minimum absolute atomic E-state index is 0.0898. The summed E-state index contributed by atoms with van der Waals surface area (Å²) >= 11 is 0. The Bertz CT molecular complexity index is 857. The van der Waals surface area contributed by atoms with Crippen LogP contribution in [0.2, 0.25) is 0 Å². The fourth-order valence-corrected chi connectivity index (χ4v) is 2.33. The highest BCUT2D eigenvalue weighted by Crippen LogP contribution is 2.28. The second-order valence-corrected chi connectivity index (χ2v) is 4.80. The Morgan fingerprint density at radius 3 is 2.45 bits per heavy atom. The van der Waals surface area contributed by atoms with Crippen LogP contribution in [0.4, 0.5) is 0 Å². The number of carbonyl (C=O) groups is 2. The number of hydrogen-bond acceptors (Lipinski definition) is 4. The molecule has 1 heterocycles.